The van der Waals surface area contributed by atoms with Gasteiger partial charge in [-0.25, -0.2) is 5.10 Å². The summed E-state index contributed by atoms with van der Waals surface area (Å²) in [7, 11) is 0. The standard InChI is InChI=1S/C21H20N4O5/c1-2-25(21(28)19-14-5-3-4-6-15(14)20(27)24-23-19)12-18(26)22-13-7-8-16-17(11-13)30-10-9-29-16/h3-8,11H,2,9-10,12H2,1H3,(H,22,26)(H,24,27). The summed E-state index contributed by atoms with van der Waals surface area (Å²) < 4.78 is 11.0. The molecule has 30 heavy (non-hydrogen) atoms. The van der Waals surface area contributed by atoms with Crippen molar-refractivity contribution in [1.29, 1.82) is 0 Å². The van der Waals surface area contributed by atoms with Gasteiger partial charge in [0.25, 0.3) is 11.5 Å². The van der Waals surface area contributed by atoms with Crippen LogP contribution < -0.4 is 20.3 Å². The van der Waals surface area contributed by atoms with Crippen molar-refractivity contribution in [3.8, 4) is 11.5 Å². The van der Waals surface area contributed by atoms with E-state index >= 15 is 0 Å². The van der Waals surface area contributed by atoms with Crippen molar-refractivity contribution in [3.05, 3.63) is 58.5 Å². The largest absolute Gasteiger partial charge is 0.486 e. The van der Waals surface area contributed by atoms with E-state index in [1.807, 2.05) is 0 Å². The molecule has 2 N–H and O–H groups in total. The van der Waals surface area contributed by atoms with Gasteiger partial charge in [-0.15, -0.1) is 0 Å². The second kappa shape index (κ2) is 8.24. The number of nitrogens with one attached hydrogen (secondary N) is 2. The zero-order valence-electron chi connectivity index (χ0n) is 16.3. The van der Waals surface area contributed by atoms with Gasteiger partial charge >= 0.3 is 0 Å². The van der Waals surface area contributed by atoms with Gasteiger partial charge in [-0.05, 0) is 25.1 Å². The molecule has 0 bridgehead atoms. The molecule has 2 aromatic carbocycles. The van der Waals surface area contributed by atoms with Crippen LogP contribution in [0.25, 0.3) is 10.8 Å². The quantitative estimate of drug-likeness (QED) is 0.666. The maximum Gasteiger partial charge on any atom is 0.275 e. The Morgan fingerprint density at radius 3 is 2.60 bits per heavy atom. The van der Waals surface area contributed by atoms with Crippen LogP contribution in [0.1, 0.15) is 17.4 Å². The molecule has 0 radical (unpaired) electrons. The number of aromatic amines is 1. The molecule has 3 aromatic rings. The topological polar surface area (TPSA) is 114 Å². The average Bonchev–Trinajstić information content (AvgIpc) is 2.77. The summed E-state index contributed by atoms with van der Waals surface area (Å²) >= 11 is 0. The Labute approximate surface area is 171 Å². The molecule has 0 saturated carbocycles. The normalized spacial score (nSPS) is 12.4. The lowest BCUT2D eigenvalue weighted by Crippen LogP contribution is -2.38. The second-order valence-electron chi connectivity index (χ2n) is 6.67. The molecule has 0 saturated heterocycles. The van der Waals surface area contributed by atoms with Crippen LogP contribution in [0.4, 0.5) is 5.69 Å². The minimum Gasteiger partial charge on any atom is -0.486 e. The van der Waals surface area contributed by atoms with Crippen molar-refractivity contribution in [1.82, 2.24) is 15.1 Å². The molecule has 0 unspecified atom stereocenters. The number of H-pyrrole nitrogens is 1. The number of aromatic nitrogens is 2. The lowest BCUT2D eigenvalue weighted by atomic mass is 10.1. The average molecular weight is 408 g/mol. The SMILES string of the molecule is CCN(CC(=O)Nc1ccc2c(c1)OCCO2)C(=O)c1n[nH]c(=O)c2ccccc12. The fourth-order valence-corrected chi connectivity index (χ4v) is 3.25. The van der Waals surface area contributed by atoms with Crippen LogP contribution in [0.2, 0.25) is 0 Å². The smallest absolute Gasteiger partial charge is 0.275 e. The maximum atomic E-state index is 13.0. The molecule has 0 aliphatic carbocycles. The van der Waals surface area contributed by atoms with Gasteiger partial charge in [-0.3, -0.25) is 14.4 Å². The third-order valence-corrected chi connectivity index (χ3v) is 4.73. The van der Waals surface area contributed by atoms with Gasteiger partial charge in [0.05, 0.1) is 5.39 Å². The van der Waals surface area contributed by atoms with Gasteiger partial charge in [-0.1, -0.05) is 18.2 Å². The first-order chi connectivity index (χ1) is 14.6. The van der Waals surface area contributed by atoms with Crippen molar-refractivity contribution in [2.75, 3.05) is 31.6 Å². The molecule has 2 amide bonds. The van der Waals surface area contributed by atoms with Crippen LogP contribution in [-0.4, -0.2) is 53.2 Å². The van der Waals surface area contributed by atoms with Gasteiger partial charge in [0.2, 0.25) is 5.91 Å². The number of likely N-dealkylation sites (N-methyl/N-ethyl adjacent to an activating group) is 1. The molecule has 0 atom stereocenters. The first kappa shape index (κ1) is 19.4. The summed E-state index contributed by atoms with van der Waals surface area (Å²) in [5.41, 5.74) is 0.265. The zero-order chi connectivity index (χ0) is 21.1. The van der Waals surface area contributed by atoms with Crippen LogP contribution >= 0.6 is 0 Å². The van der Waals surface area contributed by atoms with Crippen LogP contribution in [0.5, 0.6) is 11.5 Å². The predicted octanol–water partition coefficient (Wildman–Crippen LogP) is 1.80. The molecule has 0 spiro atoms. The Morgan fingerprint density at radius 1 is 1.10 bits per heavy atom. The highest BCUT2D eigenvalue weighted by atomic mass is 16.6. The number of fused-ring (bicyclic) bond motifs is 2. The van der Waals surface area contributed by atoms with Crippen molar-refractivity contribution in [2.45, 2.75) is 6.92 Å². The molecule has 1 aliphatic rings. The molecule has 0 fully saturated rings. The number of benzene rings is 2. The van der Waals surface area contributed by atoms with Crippen molar-refractivity contribution < 1.29 is 19.1 Å². The molecule has 9 heteroatoms. The molecule has 2 heterocycles. The monoisotopic (exact) mass is 408 g/mol. The van der Waals surface area contributed by atoms with Crippen LogP contribution in [0.3, 0.4) is 0 Å². The number of hydrogen-bond acceptors (Lipinski definition) is 6. The highest BCUT2D eigenvalue weighted by Crippen LogP contribution is 2.32. The van der Waals surface area contributed by atoms with E-state index < -0.39 is 5.91 Å². The molecular weight excluding hydrogens is 388 g/mol. The first-order valence-corrected chi connectivity index (χ1v) is 9.53. The summed E-state index contributed by atoms with van der Waals surface area (Å²) in [6, 6.07) is 11.8. The Kier molecular flexibility index (Phi) is 5.34. The van der Waals surface area contributed by atoms with E-state index in [1.165, 1.54) is 4.90 Å². The number of carbonyl (C=O) groups excluding carboxylic acids is 2. The first-order valence-electron chi connectivity index (χ1n) is 9.53. The van der Waals surface area contributed by atoms with E-state index in [-0.39, 0.29) is 23.7 Å². The fraction of sp³-hybridized carbons (Fsp3) is 0.238. The number of anilines is 1. The summed E-state index contributed by atoms with van der Waals surface area (Å²) in [5.74, 6) is 0.380. The number of carbonyl (C=O) groups is 2. The van der Waals surface area contributed by atoms with Gasteiger partial charge in [0.15, 0.2) is 17.2 Å². The molecular formula is C21H20N4O5. The summed E-state index contributed by atoms with van der Waals surface area (Å²) in [6.07, 6.45) is 0. The fourth-order valence-electron chi connectivity index (χ4n) is 3.25. The summed E-state index contributed by atoms with van der Waals surface area (Å²) in [5, 5.41) is 9.84. The lowest BCUT2D eigenvalue weighted by molar-refractivity contribution is -0.116. The van der Waals surface area contributed by atoms with Gasteiger partial charge in [0, 0.05) is 23.7 Å². The molecule has 154 valence electrons. The van der Waals surface area contributed by atoms with E-state index in [4.69, 9.17) is 9.47 Å². The number of nitrogens with zero attached hydrogens (tertiary/aromatic N) is 2. The Morgan fingerprint density at radius 2 is 1.83 bits per heavy atom. The number of ether oxygens (including phenoxy) is 2. The van der Waals surface area contributed by atoms with E-state index in [1.54, 1.807) is 49.4 Å². The van der Waals surface area contributed by atoms with E-state index in [0.29, 0.717) is 47.7 Å². The van der Waals surface area contributed by atoms with Crippen molar-refractivity contribution >= 4 is 28.3 Å². The summed E-state index contributed by atoms with van der Waals surface area (Å²) in [4.78, 5) is 38.9. The molecule has 9 nitrogen and oxygen atoms in total. The predicted molar refractivity (Wildman–Crippen MR) is 110 cm³/mol. The van der Waals surface area contributed by atoms with Gasteiger partial charge < -0.3 is 19.7 Å². The number of amides is 2. The summed E-state index contributed by atoms with van der Waals surface area (Å²) in [6.45, 7) is 2.83. The zero-order valence-corrected chi connectivity index (χ0v) is 16.3. The third kappa shape index (κ3) is 3.82. The minimum absolute atomic E-state index is 0.0965. The molecule has 1 aromatic heterocycles. The van der Waals surface area contributed by atoms with E-state index in [0.717, 1.165) is 0 Å². The highest BCUT2D eigenvalue weighted by molar-refractivity contribution is 6.06. The van der Waals surface area contributed by atoms with Crippen LogP contribution in [-0.2, 0) is 4.79 Å². The molecule has 4 rings (SSSR count). The third-order valence-electron chi connectivity index (χ3n) is 4.73. The lowest BCUT2D eigenvalue weighted by Gasteiger charge is -2.21. The second-order valence-corrected chi connectivity index (χ2v) is 6.67. The van der Waals surface area contributed by atoms with E-state index in [2.05, 4.69) is 15.5 Å². The Balaban J connectivity index is 1.51. The maximum absolute atomic E-state index is 13.0. The Bertz CT molecular complexity index is 1170. The van der Waals surface area contributed by atoms with Crippen molar-refractivity contribution in [2.24, 2.45) is 0 Å². The van der Waals surface area contributed by atoms with Gasteiger partial charge in [-0.2, -0.15) is 5.10 Å². The van der Waals surface area contributed by atoms with E-state index in [9.17, 15) is 14.4 Å². The van der Waals surface area contributed by atoms with Gasteiger partial charge in [0.1, 0.15) is 19.8 Å². The van der Waals surface area contributed by atoms with Crippen molar-refractivity contribution in [3.63, 3.8) is 0 Å². The van der Waals surface area contributed by atoms with Crippen LogP contribution in [0, 0.1) is 0 Å². The number of rotatable bonds is 5. The number of hydrogen-bond donors (Lipinski definition) is 2. The Hall–Kier alpha value is -3.88. The molecule has 1 aliphatic heterocycles. The highest BCUT2D eigenvalue weighted by Gasteiger charge is 2.22. The minimum atomic E-state index is -0.442. The van der Waals surface area contributed by atoms with Crippen LogP contribution in [0.15, 0.2) is 47.3 Å².